The lowest BCUT2D eigenvalue weighted by Gasteiger charge is -2.25. The molecule has 3 unspecified atom stereocenters. The highest BCUT2D eigenvalue weighted by Crippen LogP contribution is 2.40. The molecule has 5 heteroatoms. The van der Waals surface area contributed by atoms with Gasteiger partial charge in [0.25, 0.3) is 0 Å². The van der Waals surface area contributed by atoms with E-state index >= 15 is 0 Å². The molecule has 2 fully saturated rings. The van der Waals surface area contributed by atoms with Crippen molar-refractivity contribution >= 4 is 17.9 Å². The zero-order chi connectivity index (χ0) is 13.3. The molecular weight excluding hydrogens is 234 g/mol. The largest absolute Gasteiger partial charge is 0.449 e. The lowest BCUT2D eigenvalue weighted by Crippen LogP contribution is -2.37. The monoisotopic (exact) mass is 253 g/mol. The molecule has 100 valence electrons. The summed E-state index contributed by atoms with van der Waals surface area (Å²) in [5, 5.41) is 0. The molecular formula is C13H19NO4. The van der Waals surface area contributed by atoms with Crippen LogP contribution in [-0.4, -0.2) is 29.4 Å². The standard InChI is InChI=1S/C13H19NO4/c1-3-6-18-13(17)14-11(15)9-5-4-8(2)7-10(9)12(14)16/h8-10H,3-7H2,1-2H3. The van der Waals surface area contributed by atoms with Crippen LogP contribution in [0.2, 0.25) is 0 Å². The van der Waals surface area contributed by atoms with Crippen molar-refractivity contribution < 1.29 is 19.1 Å². The molecule has 0 bridgehead atoms. The Morgan fingerprint density at radius 1 is 1.28 bits per heavy atom. The van der Waals surface area contributed by atoms with Gasteiger partial charge in [-0.1, -0.05) is 13.8 Å². The quantitative estimate of drug-likeness (QED) is 0.706. The van der Waals surface area contributed by atoms with Crippen LogP contribution in [0, 0.1) is 17.8 Å². The average Bonchev–Trinajstić information content (AvgIpc) is 2.59. The minimum absolute atomic E-state index is 0.238. The number of carbonyl (C=O) groups is 3. The number of imide groups is 3. The first-order valence-corrected chi connectivity index (χ1v) is 6.60. The number of fused-ring (bicyclic) bond motifs is 1. The highest BCUT2D eigenvalue weighted by atomic mass is 16.6. The van der Waals surface area contributed by atoms with Gasteiger partial charge in [0.1, 0.15) is 0 Å². The molecule has 0 radical (unpaired) electrons. The van der Waals surface area contributed by atoms with Crippen molar-refractivity contribution in [2.24, 2.45) is 17.8 Å². The molecule has 0 aromatic heterocycles. The Bertz CT molecular complexity index is 379. The van der Waals surface area contributed by atoms with Crippen molar-refractivity contribution in [3.05, 3.63) is 0 Å². The van der Waals surface area contributed by atoms with E-state index in [1.807, 2.05) is 6.92 Å². The number of ether oxygens (including phenoxy) is 1. The van der Waals surface area contributed by atoms with E-state index in [0.717, 1.165) is 11.3 Å². The highest BCUT2D eigenvalue weighted by Gasteiger charge is 2.52. The molecule has 18 heavy (non-hydrogen) atoms. The molecule has 1 aliphatic heterocycles. The summed E-state index contributed by atoms with van der Waals surface area (Å²) in [6.45, 7) is 4.18. The van der Waals surface area contributed by atoms with Crippen LogP contribution in [0.5, 0.6) is 0 Å². The normalized spacial score (nSPS) is 31.4. The molecule has 1 saturated heterocycles. The van der Waals surface area contributed by atoms with Gasteiger partial charge in [-0.15, -0.1) is 0 Å². The fourth-order valence-electron chi connectivity index (χ4n) is 2.82. The lowest BCUT2D eigenvalue weighted by atomic mass is 9.76. The highest BCUT2D eigenvalue weighted by molar-refractivity contribution is 6.15. The maximum atomic E-state index is 12.1. The van der Waals surface area contributed by atoms with Crippen LogP contribution in [0.1, 0.15) is 39.5 Å². The molecule has 1 heterocycles. The second kappa shape index (κ2) is 5.08. The van der Waals surface area contributed by atoms with Crippen LogP contribution in [-0.2, 0) is 14.3 Å². The van der Waals surface area contributed by atoms with E-state index in [1.54, 1.807) is 0 Å². The number of carbonyl (C=O) groups excluding carboxylic acids is 3. The van der Waals surface area contributed by atoms with Crippen LogP contribution in [0.25, 0.3) is 0 Å². The van der Waals surface area contributed by atoms with E-state index in [9.17, 15) is 14.4 Å². The van der Waals surface area contributed by atoms with Crippen molar-refractivity contribution in [3.63, 3.8) is 0 Å². The number of likely N-dealkylation sites (tertiary alicyclic amines) is 1. The Labute approximate surface area is 106 Å². The zero-order valence-corrected chi connectivity index (χ0v) is 10.8. The Hall–Kier alpha value is -1.39. The first-order valence-electron chi connectivity index (χ1n) is 6.60. The van der Waals surface area contributed by atoms with Gasteiger partial charge in [0.15, 0.2) is 0 Å². The first-order chi connectivity index (χ1) is 8.56. The smallest absolute Gasteiger partial charge is 0.423 e. The Morgan fingerprint density at radius 2 is 1.94 bits per heavy atom. The summed E-state index contributed by atoms with van der Waals surface area (Å²) in [4.78, 5) is 36.6. The van der Waals surface area contributed by atoms with Gasteiger partial charge in [0.2, 0.25) is 11.8 Å². The summed E-state index contributed by atoms with van der Waals surface area (Å²) in [6.07, 6.45) is 2.22. The predicted octanol–water partition coefficient (Wildman–Crippen LogP) is 1.95. The third-order valence-electron chi connectivity index (χ3n) is 3.80. The summed E-state index contributed by atoms with van der Waals surface area (Å²) >= 11 is 0. The Morgan fingerprint density at radius 3 is 2.61 bits per heavy atom. The second-order valence-corrected chi connectivity index (χ2v) is 5.26. The van der Waals surface area contributed by atoms with Crippen molar-refractivity contribution in [1.29, 1.82) is 0 Å². The molecule has 0 spiro atoms. The van der Waals surface area contributed by atoms with Gasteiger partial charge in [0.05, 0.1) is 18.4 Å². The molecule has 0 aromatic rings. The van der Waals surface area contributed by atoms with E-state index < -0.39 is 6.09 Å². The molecule has 0 N–H and O–H groups in total. The van der Waals surface area contributed by atoms with Gasteiger partial charge < -0.3 is 4.74 Å². The van der Waals surface area contributed by atoms with E-state index in [4.69, 9.17) is 4.74 Å². The molecule has 2 rings (SSSR count). The van der Waals surface area contributed by atoms with Gasteiger partial charge in [-0.25, -0.2) is 4.79 Å². The zero-order valence-electron chi connectivity index (χ0n) is 10.8. The predicted molar refractivity (Wildman–Crippen MR) is 63.5 cm³/mol. The Kier molecular flexibility index (Phi) is 3.68. The number of rotatable bonds is 2. The second-order valence-electron chi connectivity index (χ2n) is 5.26. The van der Waals surface area contributed by atoms with Crippen LogP contribution in [0.3, 0.4) is 0 Å². The summed E-state index contributed by atoms with van der Waals surface area (Å²) in [5.74, 6) is -0.899. The van der Waals surface area contributed by atoms with Crippen LogP contribution in [0.15, 0.2) is 0 Å². The Balaban J connectivity index is 2.11. The average molecular weight is 253 g/mol. The molecule has 1 aliphatic carbocycles. The molecule has 5 nitrogen and oxygen atoms in total. The fourth-order valence-corrected chi connectivity index (χ4v) is 2.82. The van der Waals surface area contributed by atoms with Crippen molar-refractivity contribution in [3.8, 4) is 0 Å². The van der Waals surface area contributed by atoms with Crippen LogP contribution in [0.4, 0.5) is 4.79 Å². The van der Waals surface area contributed by atoms with Gasteiger partial charge in [-0.3, -0.25) is 9.59 Å². The lowest BCUT2D eigenvalue weighted by molar-refractivity contribution is -0.137. The molecule has 0 aromatic carbocycles. The third kappa shape index (κ3) is 2.13. The van der Waals surface area contributed by atoms with Crippen molar-refractivity contribution in [1.82, 2.24) is 4.90 Å². The minimum Gasteiger partial charge on any atom is -0.449 e. The fraction of sp³-hybridized carbons (Fsp3) is 0.769. The first kappa shape index (κ1) is 13.1. The molecule has 1 saturated carbocycles. The van der Waals surface area contributed by atoms with E-state index in [-0.39, 0.29) is 30.3 Å². The number of amides is 3. The van der Waals surface area contributed by atoms with Gasteiger partial charge in [-0.2, -0.15) is 4.90 Å². The molecule has 3 atom stereocenters. The maximum absolute atomic E-state index is 12.1. The topological polar surface area (TPSA) is 63.7 Å². The minimum atomic E-state index is -0.797. The maximum Gasteiger partial charge on any atom is 0.423 e. The summed E-state index contributed by atoms with van der Waals surface area (Å²) < 4.78 is 4.89. The summed E-state index contributed by atoms with van der Waals surface area (Å²) in [7, 11) is 0. The van der Waals surface area contributed by atoms with E-state index in [2.05, 4.69) is 6.92 Å². The summed E-state index contributed by atoms with van der Waals surface area (Å²) in [6, 6.07) is 0. The third-order valence-corrected chi connectivity index (χ3v) is 3.80. The van der Waals surface area contributed by atoms with Gasteiger partial charge >= 0.3 is 6.09 Å². The number of hydrogen-bond donors (Lipinski definition) is 0. The van der Waals surface area contributed by atoms with Gasteiger partial charge in [-0.05, 0) is 31.6 Å². The number of nitrogens with zero attached hydrogens (tertiary/aromatic N) is 1. The number of hydrogen-bond acceptors (Lipinski definition) is 4. The van der Waals surface area contributed by atoms with Gasteiger partial charge in [0, 0.05) is 0 Å². The molecule has 3 amide bonds. The van der Waals surface area contributed by atoms with Crippen molar-refractivity contribution in [2.45, 2.75) is 39.5 Å². The van der Waals surface area contributed by atoms with E-state index in [0.29, 0.717) is 25.2 Å². The molecule has 2 aliphatic rings. The van der Waals surface area contributed by atoms with Crippen LogP contribution >= 0.6 is 0 Å². The SMILES string of the molecule is CCCOC(=O)N1C(=O)C2CCC(C)CC2C1=O. The summed E-state index contributed by atoms with van der Waals surface area (Å²) in [5.41, 5.74) is 0. The van der Waals surface area contributed by atoms with E-state index in [1.165, 1.54) is 0 Å². The van der Waals surface area contributed by atoms with Crippen molar-refractivity contribution in [2.75, 3.05) is 6.61 Å². The van der Waals surface area contributed by atoms with Crippen LogP contribution < -0.4 is 0 Å².